The average Bonchev–Trinajstić information content (AvgIpc) is 2.77. The monoisotopic (exact) mass is 392 g/mol. The van der Waals surface area contributed by atoms with E-state index in [1.807, 2.05) is 52.8 Å². The van der Waals surface area contributed by atoms with Crippen LogP contribution in [-0.4, -0.2) is 27.5 Å². The van der Waals surface area contributed by atoms with Crippen LogP contribution in [0.25, 0.3) is 10.8 Å². The van der Waals surface area contributed by atoms with Gasteiger partial charge in [0.05, 0.1) is 10.8 Å². The smallest absolute Gasteiger partial charge is 0.224 e. The first-order valence-corrected chi connectivity index (χ1v) is 10.8. The van der Waals surface area contributed by atoms with Gasteiger partial charge in [-0.1, -0.05) is 60.7 Å². The Hall–Kier alpha value is -2.50. The maximum Gasteiger partial charge on any atom is 0.224 e. The molecule has 1 fully saturated rings. The van der Waals surface area contributed by atoms with Crippen molar-refractivity contribution in [2.24, 2.45) is 5.92 Å². The Morgan fingerprint density at radius 3 is 2.61 bits per heavy atom. The van der Waals surface area contributed by atoms with Crippen LogP contribution in [0.5, 0.6) is 0 Å². The van der Waals surface area contributed by atoms with Crippen LogP contribution < -0.4 is 5.32 Å². The van der Waals surface area contributed by atoms with Gasteiger partial charge in [-0.05, 0) is 41.3 Å². The maximum atomic E-state index is 12.8. The number of fused-ring (bicyclic) bond motifs is 1. The summed E-state index contributed by atoms with van der Waals surface area (Å²) in [6, 6.07) is 23.8. The minimum absolute atomic E-state index is 0.0442. The first kappa shape index (κ1) is 18.8. The van der Waals surface area contributed by atoms with E-state index in [0.29, 0.717) is 13.1 Å². The first-order valence-electron chi connectivity index (χ1n) is 9.68. The Kier molecular flexibility index (Phi) is 5.84. The van der Waals surface area contributed by atoms with Crippen molar-refractivity contribution in [3.63, 3.8) is 0 Å². The fraction of sp³-hybridized carbons (Fsp3) is 0.261. The molecule has 1 N–H and O–H groups in total. The second-order valence-electron chi connectivity index (χ2n) is 7.15. The van der Waals surface area contributed by atoms with E-state index in [1.54, 1.807) is 0 Å². The normalized spacial score (nSPS) is 18.6. The summed E-state index contributed by atoms with van der Waals surface area (Å²) >= 11 is 0. The fourth-order valence-corrected chi connectivity index (χ4v) is 5.06. The molecule has 144 valence electrons. The predicted octanol–water partition coefficient (Wildman–Crippen LogP) is 3.89. The quantitative estimate of drug-likeness (QED) is 0.716. The van der Waals surface area contributed by atoms with Gasteiger partial charge >= 0.3 is 0 Å². The fourth-order valence-electron chi connectivity index (χ4n) is 3.77. The summed E-state index contributed by atoms with van der Waals surface area (Å²) in [5.74, 6) is -0.0842. The Bertz CT molecular complexity index is 985. The van der Waals surface area contributed by atoms with E-state index in [4.69, 9.17) is 0 Å². The molecule has 3 aromatic rings. The van der Waals surface area contributed by atoms with E-state index in [1.165, 1.54) is 10.8 Å². The van der Waals surface area contributed by atoms with E-state index >= 15 is 0 Å². The summed E-state index contributed by atoms with van der Waals surface area (Å²) < 4.78 is 14.7. The highest BCUT2D eigenvalue weighted by Gasteiger charge is 2.29. The van der Waals surface area contributed by atoms with E-state index < -0.39 is 11.0 Å². The summed E-state index contributed by atoms with van der Waals surface area (Å²) in [4.78, 5) is 13.6. The third-order valence-electron chi connectivity index (χ3n) is 5.27. The lowest BCUT2D eigenvalue weighted by Gasteiger charge is -2.30. The van der Waals surface area contributed by atoms with Crippen LogP contribution in [0.15, 0.2) is 77.7 Å². The number of amides is 1. The molecule has 28 heavy (non-hydrogen) atoms. The lowest BCUT2D eigenvalue weighted by molar-refractivity contribution is -0.126. The van der Waals surface area contributed by atoms with Crippen molar-refractivity contribution in [2.45, 2.75) is 24.3 Å². The number of nitrogens with one attached hydrogen (secondary N) is 1. The summed E-state index contributed by atoms with van der Waals surface area (Å²) in [5, 5.41) is 5.44. The van der Waals surface area contributed by atoms with Gasteiger partial charge in [-0.25, -0.2) is 8.51 Å². The van der Waals surface area contributed by atoms with Crippen molar-refractivity contribution in [1.29, 1.82) is 0 Å². The molecule has 0 bridgehead atoms. The Labute approximate surface area is 168 Å². The van der Waals surface area contributed by atoms with Crippen LogP contribution in [0, 0.1) is 5.92 Å². The minimum Gasteiger partial charge on any atom is -0.352 e. The number of hydrogen-bond donors (Lipinski definition) is 1. The molecular weight excluding hydrogens is 368 g/mol. The van der Waals surface area contributed by atoms with Crippen molar-refractivity contribution in [1.82, 2.24) is 9.62 Å². The second-order valence-corrected chi connectivity index (χ2v) is 8.63. The lowest BCUT2D eigenvalue weighted by atomic mass is 9.98. The molecule has 4 rings (SSSR count). The van der Waals surface area contributed by atoms with Crippen LogP contribution in [0.3, 0.4) is 0 Å². The summed E-state index contributed by atoms with van der Waals surface area (Å²) in [7, 11) is -1.21. The van der Waals surface area contributed by atoms with E-state index in [0.717, 1.165) is 29.8 Å². The average molecular weight is 393 g/mol. The topological polar surface area (TPSA) is 49.4 Å². The number of rotatable bonds is 5. The molecule has 2 unspecified atom stereocenters. The molecule has 1 aliphatic rings. The highest BCUT2D eigenvalue weighted by Crippen LogP contribution is 2.22. The van der Waals surface area contributed by atoms with Gasteiger partial charge in [-0.3, -0.25) is 4.79 Å². The highest BCUT2D eigenvalue weighted by atomic mass is 32.2. The van der Waals surface area contributed by atoms with E-state index in [-0.39, 0.29) is 11.8 Å². The van der Waals surface area contributed by atoms with Gasteiger partial charge in [0.2, 0.25) is 5.91 Å². The second kappa shape index (κ2) is 8.67. The van der Waals surface area contributed by atoms with Crippen LogP contribution in [0.1, 0.15) is 18.4 Å². The standard InChI is InChI=1S/C23H24N2O2S/c26-23(24-16-19-10-6-9-18-8-4-5-14-22(18)19)20-11-7-15-25(17-20)28(27)21-12-2-1-3-13-21/h1-6,8-10,12-14,20H,7,11,15-17H2,(H,24,26). The zero-order chi connectivity index (χ0) is 19.3. The molecule has 0 aromatic heterocycles. The SMILES string of the molecule is O=C(NCc1cccc2ccccc12)C1CCCN(S(=O)c2ccccc2)C1. The van der Waals surface area contributed by atoms with Crippen LogP contribution in [0.2, 0.25) is 0 Å². The zero-order valence-corrected chi connectivity index (χ0v) is 16.5. The molecule has 5 heteroatoms. The summed E-state index contributed by atoms with van der Waals surface area (Å²) in [5.41, 5.74) is 1.12. The van der Waals surface area contributed by atoms with Gasteiger partial charge < -0.3 is 5.32 Å². The maximum absolute atomic E-state index is 12.8. The first-order chi connectivity index (χ1) is 13.7. The molecule has 0 spiro atoms. The van der Waals surface area contributed by atoms with Crippen LogP contribution in [-0.2, 0) is 22.3 Å². The largest absolute Gasteiger partial charge is 0.352 e. The summed E-state index contributed by atoms with van der Waals surface area (Å²) in [6.45, 7) is 1.80. The molecule has 1 saturated heterocycles. The third kappa shape index (κ3) is 4.16. The predicted molar refractivity (Wildman–Crippen MR) is 113 cm³/mol. The van der Waals surface area contributed by atoms with Gasteiger partial charge in [-0.2, -0.15) is 0 Å². The molecule has 1 heterocycles. The van der Waals surface area contributed by atoms with Crippen molar-refractivity contribution in [2.75, 3.05) is 13.1 Å². The minimum atomic E-state index is -1.21. The molecular formula is C23H24N2O2S. The molecule has 1 aliphatic heterocycles. The number of carbonyl (C=O) groups excluding carboxylic acids is 1. The molecule has 2 atom stereocenters. The van der Waals surface area contributed by atoms with Gasteiger partial charge in [0, 0.05) is 19.6 Å². The number of benzene rings is 3. The van der Waals surface area contributed by atoms with Gasteiger partial charge in [0.25, 0.3) is 0 Å². The third-order valence-corrected chi connectivity index (χ3v) is 6.74. The highest BCUT2D eigenvalue weighted by molar-refractivity contribution is 7.82. The van der Waals surface area contributed by atoms with Crippen LogP contribution >= 0.6 is 0 Å². The van der Waals surface area contributed by atoms with E-state index in [2.05, 4.69) is 29.6 Å². The summed E-state index contributed by atoms with van der Waals surface area (Å²) in [6.07, 6.45) is 1.72. The number of carbonyl (C=O) groups is 1. The van der Waals surface area contributed by atoms with Crippen molar-refractivity contribution in [3.05, 3.63) is 78.4 Å². The van der Waals surface area contributed by atoms with Gasteiger partial charge in [0.1, 0.15) is 11.0 Å². The molecule has 3 aromatic carbocycles. The van der Waals surface area contributed by atoms with E-state index in [9.17, 15) is 9.00 Å². The number of hydrogen-bond acceptors (Lipinski definition) is 2. The number of nitrogens with zero attached hydrogens (tertiary/aromatic N) is 1. The molecule has 1 amide bonds. The molecule has 0 aliphatic carbocycles. The van der Waals surface area contributed by atoms with Gasteiger partial charge in [-0.15, -0.1) is 0 Å². The Morgan fingerprint density at radius 1 is 1.00 bits per heavy atom. The van der Waals surface area contributed by atoms with Crippen LogP contribution in [0.4, 0.5) is 0 Å². The molecule has 4 nitrogen and oxygen atoms in total. The van der Waals surface area contributed by atoms with Crippen molar-refractivity contribution in [3.8, 4) is 0 Å². The van der Waals surface area contributed by atoms with Crippen molar-refractivity contribution >= 4 is 27.7 Å². The van der Waals surface area contributed by atoms with Gasteiger partial charge in [0.15, 0.2) is 0 Å². The molecule has 0 radical (unpaired) electrons. The number of piperidine rings is 1. The van der Waals surface area contributed by atoms with Crippen molar-refractivity contribution < 1.29 is 9.00 Å². The molecule has 0 saturated carbocycles. The lowest BCUT2D eigenvalue weighted by Crippen LogP contribution is -2.43. The Morgan fingerprint density at radius 2 is 1.75 bits per heavy atom. The Balaban J connectivity index is 1.40. The zero-order valence-electron chi connectivity index (χ0n) is 15.7.